The van der Waals surface area contributed by atoms with Gasteiger partial charge in [0.2, 0.25) is 11.8 Å². The first-order valence-electron chi connectivity index (χ1n) is 15.5. The summed E-state index contributed by atoms with van der Waals surface area (Å²) in [4.78, 5) is 43.5. The Morgan fingerprint density at radius 2 is 1.23 bits per heavy atom. The number of hydrogen-bond acceptors (Lipinski definition) is 7. The van der Waals surface area contributed by atoms with Gasteiger partial charge in [-0.2, -0.15) is 0 Å². The maximum atomic E-state index is 12.0. The first kappa shape index (κ1) is 32.6. The Morgan fingerprint density at radius 1 is 0.708 bits per heavy atom. The number of pyridine rings is 3. The zero-order chi connectivity index (χ0) is 33.6. The summed E-state index contributed by atoms with van der Waals surface area (Å²) in [5.41, 5.74) is 8.26. The fourth-order valence-electron chi connectivity index (χ4n) is 5.60. The van der Waals surface area contributed by atoms with Gasteiger partial charge >= 0.3 is 0 Å². The van der Waals surface area contributed by atoms with E-state index in [0.29, 0.717) is 49.5 Å². The molecule has 0 atom stereocenters. The van der Waals surface area contributed by atoms with Crippen molar-refractivity contribution < 1.29 is 19.1 Å². The van der Waals surface area contributed by atoms with Gasteiger partial charge in [-0.3, -0.25) is 24.4 Å². The fourth-order valence-corrected chi connectivity index (χ4v) is 6.08. The van der Waals surface area contributed by atoms with Gasteiger partial charge in [0.05, 0.1) is 11.4 Å². The number of carbonyl (C=O) groups excluding carboxylic acids is 2. The number of ether oxygens (including phenoxy) is 2. The minimum absolute atomic E-state index is 0.00744. The maximum Gasteiger partial charge on any atom is 0.253 e. The number of amides is 2. The second kappa shape index (κ2) is 14.6. The van der Waals surface area contributed by atoms with Crippen LogP contribution in [0.5, 0.6) is 11.5 Å². The predicted molar refractivity (Wildman–Crippen MR) is 187 cm³/mol. The number of carbonyl (C=O) groups is 2. The van der Waals surface area contributed by atoms with Crippen LogP contribution in [0.25, 0.3) is 11.1 Å². The minimum atomic E-state index is -0.0110. The van der Waals surface area contributed by atoms with E-state index in [-0.39, 0.29) is 17.4 Å². The van der Waals surface area contributed by atoms with Crippen LogP contribution in [0, 0.1) is 6.92 Å². The summed E-state index contributed by atoms with van der Waals surface area (Å²) >= 11 is 3.48. The highest BCUT2D eigenvalue weighted by atomic mass is 79.9. The van der Waals surface area contributed by atoms with Gasteiger partial charge in [0.25, 0.3) is 5.56 Å². The van der Waals surface area contributed by atoms with Crippen LogP contribution < -0.4 is 25.7 Å². The van der Waals surface area contributed by atoms with Gasteiger partial charge in [0.15, 0.2) is 0 Å². The summed E-state index contributed by atoms with van der Waals surface area (Å²) < 4.78 is 14.5. The van der Waals surface area contributed by atoms with Crippen molar-refractivity contribution in [2.75, 3.05) is 10.6 Å². The van der Waals surface area contributed by atoms with Crippen LogP contribution in [-0.4, -0.2) is 26.3 Å². The van der Waals surface area contributed by atoms with Gasteiger partial charge in [0, 0.05) is 60.9 Å². The molecule has 0 spiro atoms. The molecule has 7 rings (SSSR count). The molecular weight excluding hydrogens is 674 g/mol. The van der Waals surface area contributed by atoms with E-state index in [9.17, 15) is 14.4 Å². The standard InChI is InChI=1S/C22H21N3O3.C15H13BrN2O2/c1-14-9-18(12-25(2)22(14)27)17-10-16-3-4-20(26)24-21(16)19(11-17)28-13-15-5-7-23-8-6-15;16-12-7-11-1-2-14(19)18-15(11)13(8-12)20-9-10-3-5-17-6-4-10/h5-12H,3-4,13H2,1-2H3,(H,24,26);3-8H,1-2,9H2,(H,18,19). The largest absolute Gasteiger partial charge is 0.487 e. The summed E-state index contributed by atoms with van der Waals surface area (Å²) in [7, 11) is 1.75. The molecule has 0 saturated heterocycles. The number of benzene rings is 2. The number of hydrogen-bond donors (Lipinski definition) is 2. The molecule has 0 unspecified atom stereocenters. The van der Waals surface area contributed by atoms with Gasteiger partial charge in [-0.25, -0.2) is 0 Å². The predicted octanol–water partition coefficient (Wildman–Crippen LogP) is 6.53. The van der Waals surface area contributed by atoms with Crippen molar-refractivity contribution in [1.29, 1.82) is 0 Å². The van der Waals surface area contributed by atoms with Crippen molar-refractivity contribution in [3.05, 3.63) is 128 Å². The maximum absolute atomic E-state index is 12.0. The van der Waals surface area contributed by atoms with Crippen LogP contribution >= 0.6 is 15.9 Å². The van der Waals surface area contributed by atoms with E-state index in [1.807, 2.05) is 61.7 Å². The SMILES string of the molecule is Cc1cc(-c2cc3c(c(OCc4ccncc4)c2)NC(=O)CC3)cn(C)c1=O.O=C1CCc2cc(Br)cc(OCc3ccncc3)c2N1. The van der Waals surface area contributed by atoms with Gasteiger partial charge in [-0.1, -0.05) is 15.9 Å². The minimum Gasteiger partial charge on any atom is -0.487 e. The lowest BCUT2D eigenvalue weighted by atomic mass is 9.96. The Morgan fingerprint density at radius 3 is 1.77 bits per heavy atom. The van der Waals surface area contributed by atoms with Gasteiger partial charge < -0.3 is 24.7 Å². The van der Waals surface area contributed by atoms with Crippen molar-refractivity contribution in [3.63, 3.8) is 0 Å². The number of nitrogens with one attached hydrogen (secondary N) is 2. The number of aryl methyl sites for hydroxylation is 4. The monoisotopic (exact) mass is 707 g/mol. The van der Waals surface area contributed by atoms with Crippen LogP contribution in [0.2, 0.25) is 0 Å². The summed E-state index contributed by atoms with van der Waals surface area (Å²) in [5, 5.41) is 5.84. The number of nitrogens with zero attached hydrogens (tertiary/aromatic N) is 3. The second-order valence-electron chi connectivity index (χ2n) is 11.7. The molecule has 0 radical (unpaired) electrons. The summed E-state index contributed by atoms with van der Waals surface area (Å²) in [6.07, 6.45) is 11.1. The molecule has 2 aliphatic heterocycles. The quantitative estimate of drug-likeness (QED) is 0.197. The van der Waals surface area contributed by atoms with E-state index in [0.717, 1.165) is 55.6 Å². The van der Waals surface area contributed by atoms with Crippen molar-refractivity contribution in [2.24, 2.45) is 7.05 Å². The van der Waals surface area contributed by atoms with E-state index in [1.54, 1.807) is 36.4 Å². The van der Waals surface area contributed by atoms with E-state index in [1.165, 1.54) is 0 Å². The third kappa shape index (κ3) is 7.80. The normalized spacial score (nSPS) is 13.2. The van der Waals surface area contributed by atoms with Crippen LogP contribution in [0.1, 0.15) is 40.7 Å². The summed E-state index contributed by atoms with van der Waals surface area (Å²) in [6, 6.07) is 17.4. The number of anilines is 2. The van der Waals surface area contributed by atoms with Gasteiger partial charge in [0.1, 0.15) is 24.7 Å². The summed E-state index contributed by atoms with van der Waals surface area (Å²) in [6.45, 7) is 2.63. The highest BCUT2D eigenvalue weighted by Gasteiger charge is 2.22. The molecule has 0 aliphatic carbocycles. The Hall–Kier alpha value is -5.29. The van der Waals surface area contributed by atoms with Crippen LogP contribution in [0.3, 0.4) is 0 Å². The van der Waals surface area contributed by atoms with E-state index in [2.05, 4.69) is 42.6 Å². The lowest BCUT2D eigenvalue weighted by Gasteiger charge is -2.22. The van der Waals surface area contributed by atoms with Crippen molar-refractivity contribution in [3.8, 4) is 22.6 Å². The molecule has 5 aromatic rings. The van der Waals surface area contributed by atoms with Crippen LogP contribution in [0.4, 0.5) is 11.4 Å². The lowest BCUT2D eigenvalue weighted by molar-refractivity contribution is -0.117. The zero-order valence-electron chi connectivity index (χ0n) is 26.6. The highest BCUT2D eigenvalue weighted by Crippen LogP contribution is 2.38. The first-order chi connectivity index (χ1) is 23.2. The molecule has 10 nitrogen and oxygen atoms in total. The Labute approximate surface area is 286 Å². The van der Waals surface area contributed by atoms with Gasteiger partial charge in [-0.15, -0.1) is 0 Å². The molecule has 2 amide bonds. The molecule has 244 valence electrons. The molecular formula is C37H34BrN5O5. The average Bonchev–Trinajstić information content (AvgIpc) is 3.09. The molecule has 11 heteroatoms. The van der Waals surface area contributed by atoms with Crippen LogP contribution in [0.15, 0.2) is 94.8 Å². The van der Waals surface area contributed by atoms with E-state index >= 15 is 0 Å². The van der Waals surface area contributed by atoms with Crippen molar-refractivity contribution >= 4 is 39.1 Å². The average molecular weight is 709 g/mol. The van der Waals surface area contributed by atoms with Crippen molar-refractivity contribution in [2.45, 2.75) is 45.8 Å². The topological polar surface area (TPSA) is 124 Å². The highest BCUT2D eigenvalue weighted by molar-refractivity contribution is 9.10. The lowest BCUT2D eigenvalue weighted by Crippen LogP contribution is -2.20. The molecule has 0 fully saturated rings. The number of aromatic nitrogens is 3. The molecule has 0 saturated carbocycles. The Bertz CT molecular complexity index is 2010. The summed E-state index contributed by atoms with van der Waals surface area (Å²) in [5.74, 6) is 1.35. The number of fused-ring (bicyclic) bond motifs is 2. The van der Waals surface area contributed by atoms with Crippen LogP contribution in [-0.2, 0) is 42.7 Å². The molecule has 0 bridgehead atoms. The molecule has 2 N–H and O–H groups in total. The smallest absolute Gasteiger partial charge is 0.253 e. The Balaban J connectivity index is 0.000000177. The third-order valence-electron chi connectivity index (χ3n) is 8.09. The molecule has 5 heterocycles. The number of halogens is 1. The molecule has 48 heavy (non-hydrogen) atoms. The first-order valence-corrected chi connectivity index (χ1v) is 16.3. The van der Waals surface area contributed by atoms with E-state index in [4.69, 9.17) is 9.47 Å². The molecule has 2 aliphatic rings. The zero-order valence-corrected chi connectivity index (χ0v) is 28.2. The van der Waals surface area contributed by atoms with Gasteiger partial charge in [-0.05, 0) is 108 Å². The molecule has 3 aromatic heterocycles. The number of rotatable bonds is 7. The second-order valence-corrected chi connectivity index (χ2v) is 12.6. The molecule has 2 aromatic carbocycles. The Kier molecular flexibility index (Phi) is 9.96. The van der Waals surface area contributed by atoms with E-state index < -0.39 is 0 Å². The fraction of sp³-hybridized carbons (Fsp3) is 0.216. The third-order valence-corrected chi connectivity index (χ3v) is 8.55. The van der Waals surface area contributed by atoms with Crippen molar-refractivity contribution in [1.82, 2.24) is 14.5 Å².